The van der Waals surface area contributed by atoms with Gasteiger partial charge in [0.25, 0.3) is 0 Å². The van der Waals surface area contributed by atoms with Gasteiger partial charge in [-0.3, -0.25) is 4.90 Å². The molecule has 1 aliphatic carbocycles. The van der Waals surface area contributed by atoms with E-state index in [1.165, 1.54) is 45.1 Å². The van der Waals surface area contributed by atoms with Crippen LogP contribution >= 0.6 is 0 Å². The molecule has 1 aliphatic rings. The molecule has 0 aromatic heterocycles. The lowest BCUT2D eigenvalue weighted by atomic mass is 9.89. The molecular formula is C14H30N2O. The van der Waals surface area contributed by atoms with Crippen LogP contribution in [0.4, 0.5) is 0 Å². The Balaban J connectivity index is 2.56. The molecule has 0 saturated heterocycles. The van der Waals surface area contributed by atoms with Crippen LogP contribution in [0.5, 0.6) is 0 Å². The quantitative estimate of drug-likeness (QED) is 0.745. The number of methoxy groups -OCH3 is 1. The van der Waals surface area contributed by atoms with Crippen LogP contribution in [0.15, 0.2) is 0 Å². The molecule has 1 unspecified atom stereocenters. The van der Waals surface area contributed by atoms with Crippen molar-refractivity contribution in [2.75, 3.05) is 20.3 Å². The van der Waals surface area contributed by atoms with Gasteiger partial charge in [0.1, 0.15) is 0 Å². The lowest BCUT2D eigenvalue weighted by molar-refractivity contribution is 0.0428. The van der Waals surface area contributed by atoms with E-state index in [4.69, 9.17) is 10.5 Å². The second kappa shape index (κ2) is 8.06. The minimum absolute atomic E-state index is 0.442. The van der Waals surface area contributed by atoms with Crippen molar-refractivity contribution >= 4 is 0 Å². The summed E-state index contributed by atoms with van der Waals surface area (Å²) in [6.07, 6.45) is 7.31. The van der Waals surface area contributed by atoms with Gasteiger partial charge in [-0.05, 0) is 45.1 Å². The van der Waals surface area contributed by atoms with E-state index < -0.39 is 0 Å². The summed E-state index contributed by atoms with van der Waals surface area (Å²) >= 11 is 0. The fourth-order valence-corrected chi connectivity index (χ4v) is 3.00. The van der Waals surface area contributed by atoms with E-state index in [0.717, 1.165) is 12.6 Å². The molecule has 1 fully saturated rings. The molecule has 1 atom stereocenters. The summed E-state index contributed by atoms with van der Waals surface area (Å²) in [5.74, 6) is 0. The van der Waals surface area contributed by atoms with Gasteiger partial charge in [-0.15, -0.1) is 0 Å². The highest BCUT2D eigenvalue weighted by Gasteiger charge is 2.27. The van der Waals surface area contributed by atoms with Crippen LogP contribution in [0.1, 0.15) is 52.4 Å². The average Bonchev–Trinajstić information content (AvgIpc) is 2.35. The highest BCUT2D eigenvalue weighted by atomic mass is 16.5. The Morgan fingerprint density at radius 1 is 1.24 bits per heavy atom. The number of nitrogens with two attached hydrogens (primary N) is 1. The maximum absolute atomic E-state index is 6.00. The Labute approximate surface area is 107 Å². The summed E-state index contributed by atoms with van der Waals surface area (Å²) < 4.78 is 5.37. The highest BCUT2D eigenvalue weighted by molar-refractivity contribution is 4.84. The van der Waals surface area contributed by atoms with Crippen molar-refractivity contribution in [3.8, 4) is 0 Å². The summed E-state index contributed by atoms with van der Waals surface area (Å²) in [6, 6.07) is 1.76. The van der Waals surface area contributed by atoms with Crippen molar-refractivity contribution in [3.05, 3.63) is 0 Å². The Kier molecular flexibility index (Phi) is 7.09. The van der Waals surface area contributed by atoms with Crippen LogP contribution in [-0.4, -0.2) is 43.3 Å². The van der Waals surface area contributed by atoms with Crippen LogP contribution in [0.25, 0.3) is 0 Å². The number of hydrogen-bond acceptors (Lipinski definition) is 3. The van der Waals surface area contributed by atoms with Gasteiger partial charge in [0.2, 0.25) is 0 Å². The lowest BCUT2D eigenvalue weighted by Gasteiger charge is -2.40. The first kappa shape index (κ1) is 14.9. The molecule has 3 nitrogen and oxygen atoms in total. The molecule has 0 amide bonds. The van der Waals surface area contributed by atoms with E-state index in [1.807, 2.05) is 7.11 Å². The van der Waals surface area contributed by atoms with Crippen molar-refractivity contribution in [2.24, 2.45) is 5.73 Å². The van der Waals surface area contributed by atoms with Crippen molar-refractivity contribution < 1.29 is 4.74 Å². The minimum Gasteiger partial charge on any atom is -0.383 e. The van der Waals surface area contributed by atoms with Crippen LogP contribution in [-0.2, 0) is 4.74 Å². The normalized spacial score (nSPS) is 27.4. The van der Waals surface area contributed by atoms with E-state index in [1.54, 1.807) is 0 Å². The third-order valence-corrected chi connectivity index (χ3v) is 3.99. The SMILES string of the molecule is CCCN(C1CCC(N)CC1)C(CC)COC. The van der Waals surface area contributed by atoms with Gasteiger partial charge >= 0.3 is 0 Å². The third-order valence-electron chi connectivity index (χ3n) is 3.99. The molecule has 0 bridgehead atoms. The maximum Gasteiger partial charge on any atom is 0.0618 e. The Hall–Kier alpha value is -0.120. The van der Waals surface area contributed by atoms with Crippen LogP contribution in [0, 0.1) is 0 Å². The second-order valence-corrected chi connectivity index (χ2v) is 5.32. The highest BCUT2D eigenvalue weighted by Crippen LogP contribution is 2.25. The van der Waals surface area contributed by atoms with Gasteiger partial charge in [0.05, 0.1) is 6.61 Å². The van der Waals surface area contributed by atoms with Crippen LogP contribution < -0.4 is 5.73 Å². The first-order valence-corrected chi connectivity index (χ1v) is 7.23. The molecule has 0 aromatic rings. The molecule has 0 aliphatic heterocycles. The third kappa shape index (κ3) is 4.57. The van der Waals surface area contributed by atoms with Gasteiger partial charge in [0.15, 0.2) is 0 Å². The van der Waals surface area contributed by atoms with E-state index in [0.29, 0.717) is 12.1 Å². The largest absolute Gasteiger partial charge is 0.383 e. The van der Waals surface area contributed by atoms with Crippen molar-refractivity contribution in [1.82, 2.24) is 4.90 Å². The summed E-state index contributed by atoms with van der Waals surface area (Å²) in [4.78, 5) is 2.68. The molecule has 2 N–H and O–H groups in total. The predicted octanol–water partition coefficient (Wildman–Crippen LogP) is 2.39. The van der Waals surface area contributed by atoms with E-state index in [9.17, 15) is 0 Å². The number of ether oxygens (including phenoxy) is 1. The molecular weight excluding hydrogens is 212 g/mol. The number of nitrogens with zero attached hydrogens (tertiary/aromatic N) is 1. The van der Waals surface area contributed by atoms with Crippen molar-refractivity contribution in [2.45, 2.75) is 70.5 Å². The molecule has 1 rings (SSSR count). The average molecular weight is 242 g/mol. The van der Waals surface area contributed by atoms with Gasteiger partial charge < -0.3 is 10.5 Å². The van der Waals surface area contributed by atoms with Gasteiger partial charge in [-0.2, -0.15) is 0 Å². The number of rotatable bonds is 7. The van der Waals surface area contributed by atoms with Crippen LogP contribution in [0.2, 0.25) is 0 Å². The Morgan fingerprint density at radius 2 is 1.88 bits per heavy atom. The van der Waals surface area contributed by atoms with Crippen molar-refractivity contribution in [3.63, 3.8) is 0 Å². The summed E-state index contributed by atoms with van der Waals surface area (Å²) in [5.41, 5.74) is 6.00. The predicted molar refractivity (Wildman–Crippen MR) is 73.2 cm³/mol. The first-order valence-electron chi connectivity index (χ1n) is 7.23. The Bertz CT molecular complexity index is 191. The molecule has 3 heteroatoms. The summed E-state index contributed by atoms with van der Waals surface area (Å²) in [5, 5.41) is 0. The zero-order valence-electron chi connectivity index (χ0n) is 11.8. The zero-order valence-corrected chi connectivity index (χ0v) is 11.8. The fourth-order valence-electron chi connectivity index (χ4n) is 3.00. The first-order chi connectivity index (χ1) is 8.22. The van der Waals surface area contributed by atoms with Crippen LogP contribution in [0.3, 0.4) is 0 Å². The van der Waals surface area contributed by atoms with Crippen molar-refractivity contribution in [1.29, 1.82) is 0 Å². The molecule has 0 heterocycles. The molecule has 0 aromatic carbocycles. The van der Waals surface area contributed by atoms with Gasteiger partial charge in [-0.1, -0.05) is 13.8 Å². The Morgan fingerprint density at radius 3 is 2.35 bits per heavy atom. The van der Waals surface area contributed by atoms with Gasteiger partial charge in [0, 0.05) is 25.2 Å². The maximum atomic E-state index is 6.00. The monoisotopic (exact) mass is 242 g/mol. The molecule has 0 radical (unpaired) electrons. The lowest BCUT2D eigenvalue weighted by Crippen LogP contribution is -2.48. The van der Waals surface area contributed by atoms with E-state index in [-0.39, 0.29) is 0 Å². The standard InChI is InChI=1S/C14H30N2O/c1-4-10-16(13(5-2)11-17-3)14-8-6-12(15)7-9-14/h12-14H,4-11,15H2,1-3H3. The fraction of sp³-hybridized carbons (Fsp3) is 1.00. The topological polar surface area (TPSA) is 38.5 Å². The molecule has 1 saturated carbocycles. The molecule has 0 spiro atoms. The van der Waals surface area contributed by atoms with E-state index in [2.05, 4.69) is 18.7 Å². The smallest absolute Gasteiger partial charge is 0.0618 e. The van der Waals surface area contributed by atoms with E-state index >= 15 is 0 Å². The molecule has 102 valence electrons. The minimum atomic E-state index is 0.442. The second-order valence-electron chi connectivity index (χ2n) is 5.32. The summed E-state index contributed by atoms with van der Waals surface area (Å²) in [7, 11) is 1.81. The zero-order chi connectivity index (χ0) is 12.7. The summed E-state index contributed by atoms with van der Waals surface area (Å²) in [6.45, 7) is 6.59. The molecule has 17 heavy (non-hydrogen) atoms. The van der Waals surface area contributed by atoms with Gasteiger partial charge in [-0.25, -0.2) is 0 Å². The number of hydrogen-bond donors (Lipinski definition) is 1.